The normalized spacial score (nSPS) is 13.9. The molecular formula is C21H26ClFN6O2. The Morgan fingerprint density at radius 2 is 2.03 bits per heavy atom. The fraction of sp³-hybridized carbons (Fsp3) is 0.429. The van der Waals surface area contributed by atoms with Crippen LogP contribution in [0.15, 0.2) is 41.8 Å². The highest BCUT2D eigenvalue weighted by Gasteiger charge is 2.32. The van der Waals surface area contributed by atoms with Crippen LogP contribution in [0.2, 0.25) is 5.02 Å². The van der Waals surface area contributed by atoms with Gasteiger partial charge in [0.1, 0.15) is 11.9 Å². The Morgan fingerprint density at radius 3 is 2.61 bits per heavy atom. The lowest BCUT2D eigenvalue weighted by atomic mass is 9.82. The van der Waals surface area contributed by atoms with Crippen molar-refractivity contribution in [3.63, 3.8) is 0 Å². The van der Waals surface area contributed by atoms with E-state index < -0.39 is 29.7 Å². The van der Waals surface area contributed by atoms with Gasteiger partial charge in [0, 0.05) is 27.5 Å². The smallest absolute Gasteiger partial charge is 0.234 e. The number of carbonyl (C=O) groups excluding carboxylic acids is 1. The van der Waals surface area contributed by atoms with Crippen molar-refractivity contribution in [1.29, 1.82) is 0 Å². The fourth-order valence-corrected chi connectivity index (χ4v) is 3.54. The number of anilines is 1. The number of nitrogens with zero attached hydrogens (tertiary/aromatic N) is 4. The highest BCUT2D eigenvalue weighted by Crippen LogP contribution is 2.32. The van der Waals surface area contributed by atoms with Crippen molar-refractivity contribution in [1.82, 2.24) is 4.98 Å². The molecule has 0 aliphatic carbocycles. The molecule has 0 saturated carbocycles. The first-order chi connectivity index (χ1) is 14.8. The molecule has 10 heteroatoms. The van der Waals surface area contributed by atoms with E-state index in [1.54, 1.807) is 24.3 Å². The van der Waals surface area contributed by atoms with Crippen LogP contribution in [0, 0.1) is 11.7 Å². The maximum absolute atomic E-state index is 14.4. The standard InChI is InChI=1S/C21H26ClFN6O2/c1-12(2)19(13-3-5-14(22)6-4-13)20(28-29-25)21(31)27-18-10-26-9-17(23)16(18)8-7-15(24)11-30/h3-6,9-10,12,15,19-20,30H,7-8,11,24H2,1-2H3,(H,27,31)/t15-,19?,20?/m0/s1. The summed E-state index contributed by atoms with van der Waals surface area (Å²) in [6, 6.07) is 5.38. The summed E-state index contributed by atoms with van der Waals surface area (Å²) in [6.07, 6.45) is 2.90. The van der Waals surface area contributed by atoms with Crippen LogP contribution in [-0.2, 0) is 11.2 Å². The van der Waals surface area contributed by atoms with Gasteiger partial charge in [0.05, 0.1) is 24.7 Å². The third-order valence-electron chi connectivity index (χ3n) is 5.02. The summed E-state index contributed by atoms with van der Waals surface area (Å²) in [7, 11) is 0. The van der Waals surface area contributed by atoms with Crippen molar-refractivity contribution in [2.45, 2.75) is 44.7 Å². The van der Waals surface area contributed by atoms with Crippen LogP contribution >= 0.6 is 11.6 Å². The predicted octanol–water partition coefficient (Wildman–Crippen LogP) is 4.18. The van der Waals surface area contributed by atoms with E-state index in [4.69, 9.17) is 28.0 Å². The van der Waals surface area contributed by atoms with E-state index in [1.165, 1.54) is 6.20 Å². The molecule has 2 rings (SSSR count). The highest BCUT2D eigenvalue weighted by molar-refractivity contribution is 6.30. The number of hydrogen-bond acceptors (Lipinski definition) is 5. The zero-order chi connectivity index (χ0) is 23.0. The molecule has 1 heterocycles. The highest BCUT2D eigenvalue weighted by atomic mass is 35.5. The van der Waals surface area contributed by atoms with Crippen molar-refractivity contribution < 1.29 is 14.3 Å². The number of benzene rings is 1. The minimum atomic E-state index is -1.08. The number of halogens is 2. The lowest BCUT2D eigenvalue weighted by molar-refractivity contribution is -0.118. The number of carbonyl (C=O) groups is 1. The number of pyridine rings is 1. The lowest BCUT2D eigenvalue weighted by Gasteiger charge is -2.27. The number of nitrogens with two attached hydrogens (primary N) is 1. The third kappa shape index (κ3) is 6.63. The molecule has 2 aromatic rings. The van der Waals surface area contributed by atoms with E-state index >= 15 is 0 Å². The molecule has 0 radical (unpaired) electrons. The van der Waals surface area contributed by atoms with Crippen LogP contribution in [0.3, 0.4) is 0 Å². The predicted molar refractivity (Wildman–Crippen MR) is 118 cm³/mol. The second-order valence-corrected chi connectivity index (χ2v) is 8.03. The number of azide groups is 1. The van der Waals surface area contributed by atoms with E-state index in [0.29, 0.717) is 11.4 Å². The Bertz CT molecular complexity index is 934. The van der Waals surface area contributed by atoms with Gasteiger partial charge in [-0.05, 0) is 42.0 Å². The molecule has 166 valence electrons. The summed E-state index contributed by atoms with van der Waals surface area (Å²) in [5, 5.41) is 16.1. The van der Waals surface area contributed by atoms with Crippen LogP contribution in [0.5, 0.6) is 0 Å². The molecular weight excluding hydrogens is 423 g/mol. The van der Waals surface area contributed by atoms with Gasteiger partial charge in [0.25, 0.3) is 0 Å². The summed E-state index contributed by atoms with van der Waals surface area (Å²) in [5.41, 5.74) is 16.0. The quantitative estimate of drug-likeness (QED) is 0.285. The topological polar surface area (TPSA) is 137 Å². The molecule has 0 saturated heterocycles. The summed E-state index contributed by atoms with van der Waals surface area (Å²) < 4.78 is 14.4. The zero-order valence-corrected chi connectivity index (χ0v) is 18.1. The van der Waals surface area contributed by atoms with Crippen LogP contribution < -0.4 is 11.1 Å². The van der Waals surface area contributed by atoms with Crippen LogP contribution in [0.1, 0.15) is 37.3 Å². The molecule has 2 unspecified atom stereocenters. The van der Waals surface area contributed by atoms with Crippen molar-refractivity contribution in [3.05, 3.63) is 69.1 Å². The molecule has 1 aromatic heterocycles. The van der Waals surface area contributed by atoms with Crippen molar-refractivity contribution in [3.8, 4) is 0 Å². The minimum absolute atomic E-state index is 0.0462. The van der Waals surface area contributed by atoms with Crippen molar-refractivity contribution >= 4 is 23.2 Å². The molecule has 1 amide bonds. The molecule has 0 aliphatic heterocycles. The van der Waals surface area contributed by atoms with Gasteiger partial charge < -0.3 is 16.2 Å². The van der Waals surface area contributed by atoms with Gasteiger partial charge in [-0.2, -0.15) is 0 Å². The zero-order valence-electron chi connectivity index (χ0n) is 17.4. The first kappa shape index (κ1) is 24.6. The Balaban J connectivity index is 2.35. The average Bonchev–Trinajstić information content (AvgIpc) is 2.73. The summed E-state index contributed by atoms with van der Waals surface area (Å²) >= 11 is 5.97. The Kier molecular flexibility index (Phi) is 9.21. The van der Waals surface area contributed by atoms with Gasteiger partial charge in [-0.25, -0.2) is 4.39 Å². The molecule has 8 nitrogen and oxygen atoms in total. The fourth-order valence-electron chi connectivity index (χ4n) is 3.41. The third-order valence-corrected chi connectivity index (χ3v) is 5.27. The first-order valence-electron chi connectivity index (χ1n) is 9.87. The van der Waals surface area contributed by atoms with E-state index in [1.807, 2.05) is 13.8 Å². The summed E-state index contributed by atoms with van der Waals surface area (Å²) in [6.45, 7) is 3.60. The average molecular weight is 449 g/mol. The van der Waals surface area contributed by atoms with Gasteiger partial charge in [-0.1, -0.05) is 42.7 Å². The van der Waals surface area contributed by atoms with Gasteiger partial charge in [0.2, 0.25) is 5.91 Å². The first-order valence-corrected chi connectivity index (χ1v) is 10.3. The maximum atomic E-state index is 14.4. The van der Waals surface area contributed by atoms with E-state index in [9.17, 15) is 9.18 Å². The number of aliphatic hydroxyl groups is 1. The van der Waals surface area contributed by atoms with E-state index in [2.05, 4.69) is 20.3 Å². The Labute approximate surface area is 185 Å². The van der Waals surface area contributed by atoms with Gasteiger partial charge in [-0.15, -0.1) is 0 Å². The van der Waals surface area contributed by atoms with Gasteiger partial charge in [-0.3, -0.25) is 9.78 Å². The number of aromatic nitrogens is 1. The molecule has 0 spiro atoms. The molecule has 0 bridgehead atoms. The molecule has 0 aliphatic rings. The van der Waals surface area contributed by atoms with Crippen molar-refractivity contribution in [2.24, 2.45) is 16.8 Å². The number of amides is 1. The van der Waals surface area contributed by atoms with E-state index in [0.717, 1.165) is 11.8 Å². The van der Waals surface area contributed by atoms with Crippen molar-refractivity contribution in [2.75, 3.05) is 11.9 Å². The molecule has 4 N–H and O–H groups in total. The minimum Gasteiger partial charge on any atom is -0.395 e. The summed E-state index contributed by atoms with van der Waals surface area (Å²) in [4.78, 5) is 19.8. The van der Waals surface area contributed by atoms with Gasteiger partial charge in [0.15, 0.2) is 0 Å². The molecule has 1 aromatic carbocycles. The SMILES string of the molecule is CC(C)C(c1ccc(Cl)cc1)C(N=[N+]=[N-])C(=O)Nc1cncc(F)c1CC[C@H](N)CO. The largest absolute Gasteiger partial charge is 0.395 e. The second-order valence-electron chi connectivity index (χ2n) is 7.59. The number of hydrogen-bond donors (Lipinski definition) is 3. The molecule has 0 fully saturated rings. The maximum Gasteiger partial charge on any atom is 0.234 e. The number of rotatable bonds is 10. The second kappa shape index (κ2) is 11.6. The molecule has 31 heavy (non-hydrogen) atoms. The Hall–Kier alpha value is -2.71. The summed E-state index contributed by atoms with van der Waals surface area (Å²) in [5.74, 6) is -1.65. The lowest BCUT2D eigenvalue weighted by Crippen LogP contribution is -2.34. The van der Waals surface area contributed by atoms with Crippen LogP contribution in [0.25, 0.3) is 10.4 Å². The van der Waals surface area contributed by atoms with E-state index in [-0.39, 0.29) is 30.2 Å². The van der Waals surface area contributed by atoms with Crippen LogP contribution in [-0.4, -0.2) is 34.7 Å². The van der Waals surface area contributed by atoms with Crippen LogP contribution in [0.4, 0.5) is 10.1 Å². The monoisotopic (exact) mass is 448 g/mol. The Morgan fingerprint density at radius 1 is 1.35 bits per heavy atom. The van der Waals surface area contributed by atoms with Gasteiger partial charge >= 0.3 is 0 Å². The number of nitrogens with one attached hydrogen (secondary N) is 1. The molecule has 3 atom stereocenters. The number of aliphatic hydroxyl groups excluding tert-OH is 1.